The molecule has 0 aliphatic rings. The minimum absolute atomic E-state index is 0.0566. The maximum Gasteiger partial charge on any atom is 0.303 e. The quantitative estimate of drug-likeness (QED) is 0.811. The van der Waals surface area contributed by atoms with Crippen molar-refractivity contribution in [3.05, 3.63) is 53.9 Å². The first-order chi connectivity index (χ1) is 10.9. The molecule has 0 atom stereocenters. The number of sulfonamides is 1. The van der Waals surface area contributed by atoms with Crippen molar-refractivity contribution in [2.24, 2.45) is 0 Å². The van der Waals surface area contributed by atoms with Crippen LogP contribution in [0.3, 0.4) is 0 Å². The summed E-state index contributed by atoms with van der Waals surface area (Å²) in [6, 6.07) is 9.70. The fraction of sp³-hybridized carbons (Fsp3) is 0.250. The van der Waals surface area contributed by atoms with Gasteiger partial charge in [-0.2, -0.15) is 0 Å². The van der Waals surface area contributed by atoms with Gasteiger partial charge in [-0.15, -0.1) is 0 Å². The van der Waals surface area contributed by atoms with Crippen molar-refractivity contribution in [3.8, 4) is 0 Å². The Morgan fingerprint density at radius 1 is 1.22 bits per heavy atom. The predicted molar refractivity (Wildman–Crippen MR) is 86.8 cm³/mol. The first-order valence-electron chi connectivity index (χ1n) is 7.14. The monoisotopic (exact) mass is 334 g/mol. The molecular weight excluding hydrogens is 316 g/mol. The fourth-order valence-electron chi connectivity index (χ4n) is 2.15. The van der Waals surface area contributed by atoms with Crippen molar-refractivity contribution < 1.29 is 18.3 Å². The van der Waals surface area contributed by atoms with E-state index in [2.05, 4.69) is 9.71 Å². The third-order valence-corrected chi connectivity index (χ3v) is 4.79. The number of benzene rings is 1. The highest BCUT2D eigenvalue weighted by Gasteiger charge is 2.16. The molecule has 2 rings (SSSR count). The first kappa shape index (κ1) is 17.0. The predicted octanol–water partition coefficient (Wildman–Crippen LogP) is 2.60. The van der Waals surface area contributed by atoms with Gasteiger partial charge < -0.3 is 5.11 Å². The summed E-state index contributed by atoms with van der Waals surface area (Å²) in [5.74, 6) is -0.858. The Morgan fingerprint density at radius 3 is 2.57 bits per heavy atom. The number of anilines is 1. The summed E-state index contributed by atoms with van der Waals surface area (Å²) >= 11 is 0. The molecule has 6 nitrogen and oxygen atoms in total. The second-order valence-electron chi connectivity index (χ2n) is 5.10. The molecule has 0 radical (unpaired) electrons. The van der Waals surface area contributed by atoms with Gasteiger partial charge in [-0.25, -0.2) is 8.42 Å². The van der Waals surface area contributed by atoms with E-state index in [1.165, 1.54) is 18.3 Å². The fourth-order valence-corrected chi connectivity index (χ4v) is 3.30. The molecule has 0 saturated carbocycles. The Hall–Kier alpha value is -2.41. The average Bonchev–Trinajstić information content (AvgIpc) is 2.51. The van der Waals surface area contributed by atoms with Crippen molar-refractivity contribution in [2.45, 2.75) is 31.1 Å². The number of hydrogen-bond acceptors (Lipinski definition) is 4. The van der Waals surface area contributed by atoms with E-state index < -0.39 is 16.0 Å². The molecule has 0 fully saturated rings. The minimum Gasteiger partial charge on any atom is -0.481 e. The number of aryl methyl sites for hydroxylation is 1. The molecule has 122 valence electrons. The van der Waals surface area contributed by atoms with E-state index in [0.717, 1.165) is 0 Å². The molecule has 1 heterocycles. The van der Waals surface area contributed by atoms with Crippen molar-refractivity contribution in [3.63, 3.8) is 0 Å². The van der Waals surface area contributed by atoms with Gasteiger partial charge in [0.1, 0.15) is 0 Å². The lowest BCUT2D eigenvalue weighted by Crippen LogP contribution is -2.14. The lowest BCUT2D eigenvalue weighted by atomic mass is 10.1. The summed E-state index contributed by atoms with van der Waals surface area (Å²) in [5, 5.41) is 8.68. The van der Waals surface area contributed by atoms with Crippen LogP contribution in [0.4, 0.5) is 5.69 Å². The summed E-state index contributed by atoms with van der Waals surface area (Å²) in [6.07, 6.45) is 2.52. The van der Waals surface area contributed by atoms with Crippen molar-refractivity contribution in [1.82, 2.24) is 4.98 Å². The number of pyridine rings is 1. The minimum atomic E-state index is -3.66. The zero-order valence-electron chi connectivity index (χ0n) is 12.7. The third kappa shape index (κ3) is 4.53. The Kier molecular flexibility index (Phi) is 5.33. The molecule has 0 saturated heterocycles. The van der Waals surface area contributed by atoms with Crippen molar-refractivity contribution in [2.75, 3.05) is 4.72 Å². The molecule has 0 spiro atoms. The van der Waals surface area contributed by atoms with Crippen LogP contribution in [0.5, 0.6) is 0 Å². The SMILES string of the molecule is Cc1c(NS(=O)(=O)c2ccccc2)ccnc1CCCC(=O)O. The van der Waals surface area contributed by atoms with E-state index >= 15 is 0 Å². The highest BCUT2D eigenvalue weighted by atomic mass is 32.2. The van der Waals surface area contributed by atoms with Gasteiger partial charge >= 0.3 is 5.97 Å². The summed E-state index contributed by atoms with van der Waals surface area (Å²) in [7, 11) is -3.66. The van der Waals surface area contributed by atoms with Gasteiger partial charge in [0, 0.05) is 18.3 Å². The molecule has 7 heteroatoms. The Labute approximate surface area is 135 Å². The molecule has 0 unspecified atom stereocenters. The second-order valence-corrected chi connectivity index (χ2v) is 6.78. The molecule has 0 bridgehead atoms. The molecular formula is C16H18N2O4S. The number of nitrogens with one attached hydrogen (secondary N) is 1. The van der Waals surface area contributed by atoms with Crippen LogP contribution in [0.2, 0.25) is 0 Å². The van der Waals surface area contributed by atoms with E-state index in [9.17, 15) is 13.2 Å². The Bertz CT molecular complexity index is 789. The summed E-state index contributed by atoms with van der Waals surface area (Å²) in [6.45, 7) is 1.77. The van der Waals surface area contributed by atoms with Crippen molar-refractivity contribution in [1.29, 1.82) is 0 Å². The summed E-state index contributed by atoms with van der Waals surface area (Å²) in [5.41, 5.74) is 1.85. The van der Waals surface area contributed by atoms with Crippen LogP contribution in [-0.2, 0) is 21.2 Å². The first-order valence-corrected chi connectivity index (χ1v) is 8.62. The van der Waals surface area contributed by atoms with Crippen LogP contribution in [-0.4, -0.2) is 24.5 Å². The number of aliphatic carboxylic acids is 1. The van der Waals surface area contributed by atoms with Crippen LogP contribution < -0.4 is 4.72 Å². The topological polar surface area (TPSA) is 96.4 Å². The van der Waals surface area contributed by atoms with Crippen molar-refractivity contribution >= 4 is 21.7 Å². The molecule has 23 heavy (non-hydrogen) atoms. The zero-order chi connectivity index (χ0) is 16.9. The average molecular weight is 334 g/mol. The largest absolute Gasteiger partial charge is 0.481 e. The van der Waals surface area contributed by atoms with Gasteiger partial charge in [-0.3, -0.25) is 14.5 Å². The van der Waals surface area contributed by atoms with Gasteiger partial charge in [0.25, 0.3) is 10.0 Å². The number of rotatable bonds is 7. The standard InChI is InChI=1S/C16H18N2O4S/c1-12-14(8-5-9-16(19)20)17-11-10-15(12)18-23(21,22)13-6-3-2-4-7-13/h2-4,6-7,10-11H,5,8-9H2,1H3,(H,17,18)(H,19,20). The van der Waals surface area contributed by atoms with Gasteiger partial charge in [0.2, 0.25) is 0 Å². The smallest absolute Gasteiger partial charge is 0.303 e. The number of carboxylic acid groups (broad SMARTS) is 1. The zero-order valence-corrected chi connectivity index (χ0v) is 13.5. The van der Waals surface area contributed by atoms with E-state index in [-0.39, 0.29) is 11.3 Å². The number of aromatic nitrogens is 1. The molecule has 0 aliphatic carbocycles. The van der Waals surface area contributed by atoms with Gasteiger partial charge in [-0.05, 0) is 43.5 Å². The highest BCUT2D eigenvalue weighted by Crippen LogP contribution is 2.22. The van der Waals surface area contributed by atoms with Crippen LogP contribution in [0.25, 0.3) is 0 Å². The van der Waals surface area contributed by atoms with Crippen LogP contribution in [0.15, 0.2) is 47.5 Å². The van der Waals surface area contributed by atoms with Gasteiger partial charge in [0.15, 0.2) is 0 Å². The molecule has 2 N–H and O–H groups in total. The number of carboxylic acids is 1. The van der Waals surface area contributed by atoms with Crippen LogP contribution in [0.1, 0.15) is 24.1 Å². The molecule has 0 aliphatic heterocycles. The number of nitrogens with zero attached hydrogens (tertiary/aromatic N) is 1. The second kappa shape index (κ2) is 7.23. The van der Waals surface area contributed by atoms with E-state index in [4.69, 9.17) is 5.11 Å². The summed E-state index contributed by atoms with van der Waals surface area (Å²) < 4.78 is 27.3. The maximum absolute atomic E-state index is 12.4. The van der Waals surface area contributed by atoms with Gasteiger partial charge in [-0.1, -0.05) is 18.2 Å². The Balaban J connectivity index is 2.19. The molecule has 1 aromatic heterocycles. The lowest BCUT2D eigenvalue weighted by Gasteiger charge is -2.13. The molecule has 1 aromatic carbocycles. The normalized spacial score (nSPS) is 11.2. The third-order valence-electron chi connectivity index (χ3n) is 3.41. The maximum atomic E-state index is 12.4. The molecule has 2 aromatic rings. The number of carbonyl (C=O) groups is 1. The van der Waals surface area contributed by atoms with Crippen LogP contribution >= 0.6 is 0 Å². The van der Waals surface area contributed by atoms with E-state index in [1.807, 2.05) is 0 Å². The summed E-state index contributed by atoms with van der Waals surface area (Å²) in [4.78, 5) is 15.0. The lowest BCUT2D eigenvalue weighted by molar-refractivity contribution is -0.137. The van der Waals surface area contributed by atoms with E-state index in [0.29, 0.717) is 29.8 Å². The Morgan fingerprint density at radius 2 is 1.91 bits per heavy atom. The highest BCUT2D eigenvalue weighted by molar-refractivity contribution is 7.92. The van der Waals surface area contributed by atoms with E-state index in [1.54, 1.807) is 31.2 Å². The van der Waals surface area contributed by atoms with Crippen LogP contribution in [0, 0.1) is 6.92 Å². The number of hydrogen-bond donors (Lipinski definition) is 2. The van der Waals surface area contributed by atoms with Gasteiger partial charge in [0.05, 0.1) is 10.6 Å². The molecule has 0 amide bonds.